The molecule has 4 aliphatic rings. The molecule has 1 N–H and O–H groups in total. The number of fused-ring (bicyclic) bond motifs is 10. The van der Waals surface area contributed by atoms with Gasteiger partial charge < -0.3 is 23.5 Å². The Kier molecular flexibility index (Phi) is 4.40. The SMILES string of the molecule is C1=CC2NC(C3=Cc4oc5cc(C6C=Cc7oc8cc9c(cc8c7C6)oc6ccccc69)ccc5c4CC3)=CN2C=C1. The summed E-state index contributed by atoms with van der Waals surface area (Å²) in [5, 5.41) is 8.21. The lowest BCUT2D eigenvalue weighted by molar-refractivity contribution is 0.424. The second-order valence-corrected chi connectivity index (χ2v) is 11.7. The lowest BCUT2D eigenvalue weighted by Gasteiger charge is -2.21. The third-order valence-electron chi connectivity index (χ3n) is 9.36. The van der Waals surface area contributed by atoms with E-state index in [0.717, 1.165) is 69.3 Å². The number of aryl methyl sites for hydroxylation is 1. The van der Waals surface area contributed by atoms with Crippen molar-refractivity contribution in [3.8, 4) is 0 Å². The summed E-state index contributed by atoms with van der Waals surface area (Å²) in [7, 11) is 0. The van der Waals surface area contributed by atoms with Crippen LogP contribution in [-0.4, -0.2) is 11.1 Å². The minimum absolute atomic E-state index is 0.201. The predicted octanol–water partition coefficient (Wildman–Crippen LogP) is 8.92. The molecule has 0 spiro atoms. The molecule has 2 unspecified atom stereocenters. The summed E-state index contributed by atoms with van der Waals surface area (Å²) in [4.78, 5) is 2.21. The van der Waals surface area contributed by atoms with Crippen LogP contribution in [0.2, 0.25) is 0 Å². The summed E-state index contributed by atoms with van der Waals surface area (Å²) in [5.74, 6) is 2.18. The van der Waals surface area contributed by atoms with Gasteiger partial charge in [-0.2, -0.15) is 0 Å². The first-order valence-electron chi connectivity index (χ1n) is 14.7. The standard InChI is InChI=1S/C37H26N2O3/c1-2-6-31-24(5-1)28-18-36-29(19-35(28)40-31)27-15-21(10-13-32(27)41-36)22-8-11-25-26-12-9-23(17-34(26)42-33(25)16-22)30-20-39-14-4-3-7-37(39)38-30/h1-8,10-11,13-14,16-21,37-38H,9,12,15H2. The largest absolute Gasteiger partial charge is 0.456 e. The first kappa shape index (κ1) is 22.5. The molecule has 0 bridgehead atoms. The van der Waals surface area contributed by atoms with Gasteiger partial charge in [0.25, 0.3) is 0 Å². The number of hydrogen-bond donors (Lipinski definition) is 1. The number of nitrogens with one attached hydrogen (secondary N) is 1. The van der Waals surface area contributed by atoms with E-state index >= 15 is 0 Å². The highest BCUT2D eigenvalue weighted by atomic mass is 16.3. The van der Waals surface area contributed by atoms with Gasteiger partial charge in [0, 0.05) is 51.0 Å². The maximum Gasteiger partial charge on any atom is 0.136 e. The Morgan fingerprint density at radius 2 is 1.60 bits per heavy atom. The molecule has 5 nitrogen and oxygen atoms in total. The van der Waals surface area contributed by atoms with E-state index in [0.29, 0.717) is 0 Å². The molecule has 3 aromatic heterocycles. The van der Waals surface area contributed by atoms with Crippen molar-refractivity contribution in [3.63, 3.8) is 0 Å². The van der Waals surface area contributed by atoms with Crippen LogP contribution < -0.4 is 5.32 Å². The maximum absolute atomic E-state index is 6.50. The van der Waals surface area contributed by atoms with Crippen molar-refractivity contribution in [2.24, 2.45) is 0 Å². The number of hydrogen-bond acceptors (Lipinski definition) is 5. The molecule has 2 aliphatic carbocycles. The second kappa shape index (κ2) is 8.20. The van der Waals surface area contributed by atoms with E-state index in [9.17, 15) is 0 Å². The Labute approximate surface area is 241 Å². The van der Waals surface area contributed by atoms with Gasteiger partial charge in [-0.15, -0.1) is 0 Å². The Balaban J connectivity index is 0.986. The van der Waals surface area contributed by atoms with Crippen LogP contribution in [0.3, 0.4) is 0 Å². The van der Waals surface area contributed by atoms with E-state index in [4.69, 9.17) is 13.3 Å². The molecule has 0 saturated carbocycles. The highest BCUT2D eigenvalue weighted by molar-refractivity contribution is 6.10. The van der Waals surface area contributed by atoms with Crippen molar-refractivity contribution in [2.45, 2.75) is 31.3 Å². The zero-order valence-corrected chi connectivity index (χ0v) is 22.8. The summed E-state index contributed by atoms with van der Waals surface area (Å²) < 4.78 is 19.0. The number of rotatable bonds is 2. The average Bonchev–Trinajstić information content (AvgIpc) is 3.79. The van der Waals surface area contributed by atoms with Crippen molar-refractivity contribution < 1.29 is 13.3 Å². The average molecular weight is 547 g/mol. The molecule has 0 fully saturated rings. The van der Waals surface area contributed by atoms with Crippen LogP contribution in [0.25, 0.3) is 56.0 Å². The van der Waals surface area contributed by atoms with Gasteiger partial charge in [0.05, 0.1) is 5.70 Å². The van der Waals surface area contributed by atoms with Crippen LogP contribution in [0.15, 0.2) is 116 Å². The Morgan fingerprint density at radius 1 is 0.714 bits per heavy atom. The van der Waals surface area contributed by atoms with Gasteiger partial charge in [-0.1, -0.05) is 42.5 Å². The fourth-order valence-electron chi connectivity index (χ4n) is 7.22. The second-order valence-electron chi connectivity index (χ2n) is 11.7. The minimum atomic E-state index is 0.201. The lowest BCUT2D eigenvalue weighted by atomic mass is 9.86. The van der Waals surface area contributed by atoms with E-state index < -0.39 is 0 Å². The van der Waals surface area contributed by atoms with Gasteiger partial charge >= 0.3 is 0 Å². The molecule has 0 saturated heterocycles. The van der Waals surface area contributed by atoms with E-state index in [1.165, 1.54) is 33.3 Å². The van der Waals surface area contributed by atoms with Crippen LogP contribution in [0.1, 0.15) is 40.5 Å². The molecular formula is C37H26N2O3. The fourth-order valence-corrected chi connectivity index (χ4v) is 7.22. The third-order valence-corrected chi connectivity index (χ3v) is 9.36. The number of nitrogens with zero attached hydrogens (tertiary/aromatic N) is 1. The fraction of sp³-hybridized carbons (Fsp3) is 0.135. The molecule has 5 heteroatoms. The lowest BCUT2D eigenvalue weighted by Crippen LogP contribution is -2.32. The van der Waals surface area contributed by atoms with E-state index in [1.807, 2.05) is 18.2 Å². The van der Waals surface area contributed by atoms with Crippen molar-refractivity contribution in [1.82, 2.24) is 10.2 Å². The van der Waals surface area contributed by atoms with Crippen molar-refractivity contribution in [2.75, 3.05) is 0 Å². The van der Waals surface area contributed by atoms with Gasteiger partial charge in [0.1, 0.15) is 40.0 Å². The quantitative estimate of drug-likeness (QED) is 0.235. The highest BCUT2D eigenvalue weighted by Crippen LogP contribution is 2.42. The van der Waals surface area contributed by atoms with Crippen LogP contribution in [-0.2, 0) is 12.8 Å². The molecule has 5 heterocycles. The normalized spacial score (nSPS) is 20.7. The van der Waals surface area contributed by atoms with E-state index in [1.54, 1.807) is 0 Å². The van der Waals surface area contributed by atoms with Crippen molar-refractivity contribution in [1.29, 1.82) is 0 Å². The first-order valence-corrected chi connectivity index (χ1v) is 14.7. The Bertz CT molecular complexity index is 2280. The zero-order chi connectivity index (χ0) is 27.4. The number of furan rings is 3. The minimum Gasteiger partial charge on any atom is -0.456 e. The molecule has 2 aliphatic heterocycles. The molecule has 6 aromatic rings. The summed E-state index contributed by atoms with van der Waals surface area (Å²) in [6.07, 6.45) is 20.3. The molecule has 42 heavy (non-hydrogen) atoms. The molecule has 10 rings (SSSR count). The van der Waals surface area contributed by atoms with Crippen molar-refractivity contribution >= 4 is 56.0 Å². The van der Waals surface area contributed by atoms with Gasteiger partial charge in [0.2, 0.25) is 0 Å². The highest BCUT2D eigenvalue weighted by Gasteiger charge is 2.27. The molecule has 3 aromatic carbocycles. The monoisotopic (exact) mass is 546 g/mol. The molecule has 2 atom stereocenters. The predicted molar refractivity (Wildman–Crippen MR) is 167 cm³/mol. The summed E-state index contributed by atoms with van der Waals surface area (Å²) >= 11 is 0. The molecule has 0 radical (unpaired) electrons. The van der Waals surface area contributed by atoms with Crippen LogP contribution >= 0.6 is 0 Å². The Morgan fingerprint density at radius 3 is 2.57 bits per heavy atom. The van der Waals surface area contributed by atoms with Gasteiger partial charge in [-0.3, -0.25) is 0 Å². The van der Waals surface area contributed by atoms with Gasteiger partial charge in [0.15, 0.2) is 0 Å². The number of benzene rings is 3. The summed E-state index contributed by atoms with van der Waals surface area (Å²) in [5.41, 5.74) is 9.98. The maximum atomic E-state index is 6.50. The van der Waals surface area contributed by atoms with Gasteiger partial charge in [-0.25, -0.2) is 0 Å². The first-order chi connectivity index (χ1) is 20.7. The third kappa shape index (κ3) is 3.19. The van der Waals surface area contributed by atoms with Gasteiger partial charge in [-0.05, 0) is 79.0 Å². The summed E-state index contributed by atoms with van der Waals surface area (Å²) in [6, 6.07) is 19.2. The summed E-state index contributed by atoms with van der Waals surface area (Å²) in [6.45, 7) is 0. The van der Waals surface area contributed by atoms with E-state index in [-0.39, 0.29) is 12.1 Å². The number of allylic oxidation sites excluding steroid dienone is 4. The van der Waals surface area contributed by atoms with Crippen molar-refractivity contribution in [3.05, 3.63) is 131 Å². The number of para-hydroxylation sites is 1. The molecule has 202 valence electrons. The van der Waals surface area contributed by atoms with Crippen LogP contribution in [0, 0.1) is 0 Å². The Hall–Kier alpha value is -5.16. The van der Waals surface area contributed by atoms with Crippen LogP contribution in [0.5, 0.6) is 0 Å². The zero-order valence-electron chi connectivity index (χ0n) is 22.8. The van der Waals surface area contributed by atoms with E-state index in [2.05, 4.69) is 95.5 Å². The molecule has 0 amide bonds. The van der Waals surface area contributed by atoms with Crippen LogP contribution in [0.4, 0.5) is 0 Å². The topological polar surface area (TPSA) is 54.7 Å². The smallest absolute Gasteiger partial charge is 0.136 e. The molecular weight excluding hydrogens is 520 g/mol.